The number of halogens is 2. The van der Waals surface area contributed by atoms with Crippen LogP contribution in [0.5, 0.6) is 5.75 Å². The van der Waals surface area contributed by atoms with Crippen molar-refractivity contribution in [3.63, 3.8) is 0 Å². The number of hydrogen-bond donors (Lipinski definition) is 1. The summed E-state index contributed by atoms with van der Waals surface area (Å²) in [6, 6.07) is 8.39. The second kappa shape index (κ2) is 6.87. The lowest BCUT2D eigenvalue weighted by Crippen LogP contribution is -2.00. The lowest BCUT2D eigenvalue weighted by Gasteiger charge is -2.10. The van der Waals surface area contributed by atoms with Crippen LogP contribution in [0.2, 0.25) is 0 Å². The lowest BCUT2D eigenvalue weighted by atomic mass is 10.1. The van der Waals surface area contributed by atoms with Gasteiger partial charge in [0.2, 0.25) is 0 Å². The molecular formula is C17H14F2O2. The Morgan fingerprint density at radius 2 is 1.81 bits per heavy atom. The van der Waals surface area contributed by atoms with Crippen molar-refractivity contribution in [1.29, 1.82) is 0 Å². The lowest BCUT2D eigenvalue weighted by molar-refractivity contribution is 0.303. The molecule has 4 heteroatoms. The van der Waals surface area contributed by atoms with Crippen LogP contribution in [0.15, 0.2) is 36.4 Å². The molecule has 0 fully saturated rings. The summed E-state index contributed by atoms with van der Waals surface area (Å²) >= 11 is 0. The summed E-state index contributed by atoms with van der Waals surface area (Å²) in [5.41, 5.74) is 2.06. The first-order valence-electron chi connectivity index (χ1n) is 6.37. The van der Waals surface area contributed by atoms with E-state index in [1.54, 1.807) is 13.0 Å². The zero-order valence-electron chi connectivity index (χ0n) is 11.5. The highest BCUT2D eigenvalue weighted by Crippen LogP contribution is 2.21. The van der Waals surface area contributed by atoms with E-state index in [4.69, 9.17) is 9.84 Å². The topological polar surface area (TPSA) is 29.5 Å². The first-order valence-corrected chi connectivity index (χ1v) is 6.37. The Balaban J connectivity index is 2.20. The van der Waals surface area contributed by atoms with E-state index in [0.29, 0.717) is 11.3 Å². The van der Waals surface area contributed by atoms with Gasteiger partial charge in [-0.25, -0.2) is 8.78 Å². The molecule has 2 rings (SSSR count). The van der Waals surface area contributed by atoms with Crippen molar-refractivity contribution >= 4 is 0 Å². The molecule has 0 aliphatic heterocycles. The van der Waals surface area contributed by atoms with Gasteiger partial charge in [0, 0.05) is 6.07 Å². The van der Waals surface area contributed by atoms with Gasteiger partial charge in [-0.2, -0.15) is 0 Å². The van der Waals surface area contributed by atoms with Gasteiger partial charge < -0.3 is 9.84 Å². The number of benzene rings is 2. The van der Waals surface area contributed by atoms with Gasteiger partial charge in [-0.1, -0.05) is 17.9 Å². The van der Waals surface area contributed by atoms with E-state index in [1.807, 2.05) is 0 Å². The standard InChI is InChI=1S/C17H14F2O2/c1-12-9-15(18)7-5-14(12)11-21-17-10-16(19)6-4-13(17)3-2-8-20/h4-7,9-10,20H,8,11H2,1H3. The van der Waals surface area contributed by atoms with Crippen molar-refractivity contribution in [3.05, 3.63) is 64.7 Å². The molecule has 2 nitrogen and oxygen atoms in total. The molecule has 0 saturated carbocycles. The van der Waals surface area contributed by atoms with Crippen LogP contribution in [0.25, 0.3) is 0 Å². The summed E-state index contributed by atoms with van der Waals surface area (Å²) in [6.45, 7) is 1.68. The molecule has 0 amide bonds. The molecule has 0 saturated heterocycles. The van der Waals surface area contributed by atoms with Crippen molar-refractivity contribution in [1.82, 2.24) is 0 Å². The molecule has 0 aromatic heterocycles. The Labute approximate surface area is 122 Å². The van der Waals surface area contributed by atoms with Crippen LogP contribution >= 0.6 is 0 Å². The fraction of sp³-hybridized carbons (Fsp3) is 0.176. The van der Waals surface area contributed by atoms with Crippen molar-refractivity contribution < 1.29 is 18.6 Å². The van der Waals surface area contributed by atoms with E-state index in [0.717, 1.165) is 11.1 Å². The Morgan fingerprint density at radius 3 is 2.52 bits per heavy atom. The number of aliphatic hydroxyl groups is 1. The van der Waals surface area contributed by atoms with Crippen LogP contribution in [0.4, 0.5) is 8.78 Å². The monoisotopic (exact) mass is 288 g/mol. The fourth-order valence-corrected chi connectivity index (χ4v) is 1.83. The molecule has 108 valence electrons. The number of aryl methyl sites for hydroxylation is 1. The van der Waals surface area contributed by atoms with E-state index in [-0.39, 0.29) is 19.0 Å². The smallest absolute Gasteiger partial charge is 0.138 e. The average molecular weight is 288 g/mol. The fourth-order valence-electron chi connectivity index (χ4n) is 1.83. The Bertz CT molecular complexity index is 700. The predicted octanol–water partition coefficient (Wildman–Crippen LogP) is 3.20. The number of rotatable bonds is 3. The minimum Gasteiger partial charge on any atom is -0.487 e. The van der Waals surface area contributed by atoms with Crippen LogP contribution < -0.4 is 4.74 Å². The number of ether oxygens (including phenoxy) is 1. The van der Waals surface area contributed by atoms with Gasteiger partial charge in [0.1, 0.15) is 30.6 Å². The first-order chi connectivity index (χ1) is 10.1. The van der Waals surface area contributed by atoms with Crippen molar-refractivity contribution in [2.45, 2.75) is 13.5 Å². The summed E-state index contributed by atoms with van der Waals surface area (Å²) in [6.07, 6.45) is 0. The molecule has 0 aliphatic carbocycles. The van der Waals surface area contributed by atoms with Gasteiger partial charge in [-0.15, -0.1) is 0 Å². The third kappa shape index (κ3) is 4.04. The average Bonchev–Trinajstić information content (AvgIpc) is 2.45. The molecule has 0 unspecified atom stereocenters. The van der Waals surface area contributed by atoms with Crippen molar-refractivity contribution in [3.8, 4) is 17.6 Å². The summed E-state index contributed by atoms with van der Waals surface area (Å²) in [7, 11) is 0. The maximum Gasteiger partial charge on any atom is 0.138 e. The second-order valence-corrected chi connectivity index (χ2v) is 4.46. The molecule has 0 bridgehead atoms. The Hall–Kier alpha value is -2.38. The van der Waals surface area contributed by atoms with Crippen molar-refractivity contribution in [2.75, 3.05) is 6.61 Å². The van der Waals surface area contributed by atoms with E-state index < -0.39 is 5.82 Å². The molecule has 1 N–H and O–H groups in total. The molecule has 0 spiro atoms. The third-order valence-electron chi connectivity index (χ3n) is 2.93. The molecule has 2 aromatic carbocycles. The molecule has 2 aromatic rings. The van der Waals surface area contributed by atoms with E-state index in [9.17, 15) is 8.78 Å². The van der Waals surface area contributed by atoms with Crippen LogP contribution in [0.1, 0.15) is 16.7 Å². The minimum atomic E-state index is -0.435. The first kappa shape index (κ1) is 15.0. The van der Waals surface area contributed by atoms with Gasteiger partial charge in [0.15, 0.2) is 0 Å². The molecule has 21 heavy (non-hydrogen) atoms. The Kier molecular flexibility index (Phi) is 4.91. The van der Waals surface area contributed by atoms with Crippen LogP contribution in [0.3, 0.4) is 0 Å². The zero-order chi connectivity index (χ0) is 15.2. The zero-order valence-corrected chi connectivity index (χ0v) is 11.5. The quantitative estimate of drug-likeness (QED) is 0.879. The van der Waals surface area contributed by atoms with Crippen molar-refractivity contribution in [2.24, 2.45) is 0 Å². The van der Waals surface area contributed by atoms with Gasteiger partial charge >= 0.3 is 0 Å². The second-order valence-electron chi connectivity index (χ2n) is 4.46. The number of aliphatic hydroxyl groups excluding tert-OH is 1. The maximum atomic E-state index is 13.3. The number of hydrogen-bond acceptors (Lipinski definition) is 2. The highest BCUT2D eigenvalue weighted by molar-refractivity contribution is 5.46. The van der Waals surface area contributed by atoms with E-state index >= 15 is 0 Å². The van der Waals surface area contributed by atoms with Gasteiger partial charge in [-0.3, -0.25) is 0 Å². The molecule has 0 heterocycles. The van der Waals surface area contributed by atoms with Crippen LogP contribution in [0, 0.1) is 30.4 Å². The highest BCUT2D eigenvalue weighted by Gasteiger charge is 2.06. The third-order valence-corrected chi connectivity index (χ3v) is 2.93. The minimum absolute atomic E-state index is 0.184. The largest absolute Gasteiger partial charge is 0.487 e. The van der Waals surface area contributed by atoms with Crippen LogP contribution in [-0.4, -0.2) is 11.7 Å². The SMILES string of the molecule is Cc1cc(F)ccc1COc1cc(F)ccc1C#CCO. The summed E-state index contributed by atoms with van der Waals surface area (Å²) in [5, 5.41) is 8.72. The summed E-state index contributed by atoms with van der Waals surface area (Å²) < 4.78 is 31.9. The predicted molar refractivity (Wildman–Crippen MR) is 75.8 cm³/mol. The molecule has 0 radical (unpaired) electrons. The summed E-state index contributed by atoms with van der Waals surface area (Å²) in [4.78, 5) is 0. The maximum absolute atomic E-state index is 13.3. The van der Waals surface area contributed by atoms with Gasteiger partial charge in [0.05, 0.1) is 5.56 Å². The van der Waals surface area contributed by atoms with Crippen LogP contribution in [-0.2, 0) is 6.61 Å². The van der Waals surface area contributed by atoms with E-state index in [2.05, 4.69) is 11.8 Å². The molecule has 0 aliphatic rings. The molecule has 0 atom stereocenters. The van der Waals surface area contributed by atoms with Gasteiger partial charge in [0.25, 0.3) is 0 Å². The molecular weight excluding hydrogens is 274 g/mol. The highest BCUT2D eigenvalue weighted by atomic mass is 19.1. The van der Waals surface area contributed by atoms with E-state index in [1.165, 1.54) is 30.3 Å². The summed E-state index contributed by atoms with van der Waals surface area (Å²) in [5.74, 6) is 4.74. The van der Waals surface area contributed by atoms with Gasteiger partial charge in [-0.05, 0) is 42.3 Å². The Morgan fingerprint density at radius 1 is 1.10 bits per heavy atom. The normalized spacial score (nSPS) is 9.90.